The molecule has 0 unspecified atom stereocenters. The number of likely N-dealkylation sites (N-methyl/N-ethyl adjacent to an activating group) is 1. The van der Waals surface area contributed by atoms with Gasteiger partial charge in [-0.05, 0) is 91.7 Å². The number of ether oxygens (including phenoxy) is 1. The van der Waals surface area contributed by atoms with Gasteiger partial charge < -0.3 is 29.8 Å². The van der Waals surface area contributed by atoms with Crippen molar-refractivity contribution in [1.82, 2.24) is 40.0 Å². The molecule has 2 aliphatic rings. The molecule has 4 atom stereocenters. The van der Waals surface area contributed by atoms with E-state index < -0.39 is 12.1 Å². The Morgan fingerprint density at radius 3 is 1.80 bits per heavy atom. The summed E-state index contributed by atoms with van der Waals surface area (Å²) in [6.45, 7) is 3.39. The van der Waals surface area contributed by atoms with E-state index in [9.17, 15) is 14.4 Å². The van der Waals surface area contributed by atoms with Crippen LogP contribution in [0.2, 0.25) is 0 Å². The maximum atomic E-state index is 14.0. The zero-order chi connectivity index (χ0) is 41.0. The average molecular weight is 791 g/mol. The van der Waals surface area contributed by atoms with Crippen molar-refractivity contribution in [3.05, 3.63) is 144 Å². The van der Waals surface area contributed by atoms with E-state index in [0.717, 1.165) is 76.3 Å². The molecule has 302 valence electrons. The number of nitrogens with zero attached hydrogens (tertiary/aromatic N) is 5. The Morgan fingerprint density at radius 1 is 0.712 bits per heavy atom. The number of alkyl carbamates (subject to hydrolysis) is 1. The van der Waals surface area contributed by atoms with Crippen molar-refractivity contribution >= 4 is 17.9 Å². The van der Waals surface area contributed by atoms with Crippen LogP contribution in [0.25, 0.3) is 33.6 Å². The summed E-state index contributed by atoms with van der Waals surface area (Å²) < 4.78 is 4.84. The van der Waals surface area contributed by atoms with E-state index >= 15 is 0 Å². The van der Waals surface area contributed by atoms with E-state index in [1.165, 1.54) is 7.11 Å². The van der Waals surface area contributed by atoms with Gasteiger partial charge in [-0.3, -0.25) is 14.5 Å². The molecule has 0 saturated carbocycles. The smallest absolute Gasteiger partial charge is 0.407 e. The Bertz CT molecular complexity index is 2410. The monoisotopic (exact) mass is 790 g/mol. The van der Waals surface area contributed by atoms with Gasteiger partial charge in [-0.15, -0.1) is 0 Å². The van der Waals surface area contributed by atoms with Gasteiger partial charge in [0.2, 0.25) is 5.91 Å². The maximum Gasteiger partial charge on any atom is 0.407 e. The van der Waals surface area contributed by atoms with Crippen molar-refractivity contribution < 1.29 is 19.1 Å². The summed E-state index contributed by atoms with van der Waals surface area (Å²) in [5.74, 6) is 1.42. The van der Waals surface area contributed by atoms with E-state index in [4.69, 9.17) is 14.7 Å². The summed E-state index contributed by atoms with van der Waals surface area (Å²) in [6, 6.07) is 32.4. The number of imidazole rings is 2. The number of aromatic nitrogens is 4. The lowest BCUT2D eigenvalue weighted by Crippen LogP contribution is -2.42. The number of H-pyrrole nitrogens is 2. The van der Waals surface area contributed by atoms with E-state index in [1.54, 1.807) is 4.90 Å². The molecule has 4 aromatic carbocycles. The molecule has 3 N–H and O–H groups in total. The van der Waals surface area contributed by atoms with Gasteiger partial charge >= 0.3 is 6.09 Å². The summed E-state index contributed by atoms with van der Waals surface area (Å²) >= 11 is 0. The fourth-order valence-corrected chi connectivity index (χ4v) is 8.65. The predicted molar refractivity (Wildman–Crippen MR) is 227 cm³/mol. The van der Waals surface area contributed by atoms with Crippen LogP contribution in [0.15, 0.2) is 116 Å². The first kappa shape index (κ1) is 39.3. The lowest BCUT2D eigenvalue weighted by molar-refractivity contribution is -0.137. The highest BCUT2D eigenvalue weighted by molar-refractivity contribution is 5.87. The minimum absolute atomic E-state index is 0.0943. The number of amides is 3. The minimum atomic E-state index is -0.873. The normalized spacial score (nSPS) is 17.6. The van der Waals surface area contributed by atoms with Crippen LogP contribution < -0.4 is 5.32 Å². The maximum absolute atomic E-state index is 14.0. The highest BCUT2D eigenvalue weighted by Crippen LogP contribution is 2.37. The van der Waals surface area contributed by atoms with E-state index in [1.807, 2.05) is 97.0 Å². The predicted octanol–water partition coefficient (Wildman–Crippen LogP) is 8.17. The van der Waals surface area contributed by atoms with Crippen molar-refractivity contribution in [2.45, 2.75) is 56.8 Å². The van der Waals surface area contributed by atoms with Crippen molar-refractivity contribution in [2.75, 3.05) is 34.3 Å². The van der Waals surface area contributed by atoms with Crippen LogP contribution in [-0.2, 0) is 14.3 Å². The molecule has 0 spiro atoms. The molecule has 3 amide bonds. The number of hydrogen-bond donors (Lipinski definition) is 3. The summed E-state index contributed by atoms with van der Waals surface area (Å²) in [5, 5.41) is 2.72. The third-order valence-corrected chi connectivity index (χ3v) is 11.6. The average Bonchev–Trinajstić information content (AvgIpc) is 4.10. The van der Waals surface area contributed by atoms with Gasteiger partial charge in [0, 0.05) is 13.1 Å². The molecule has 2 saturated heterocycles. The number of carbonyl (C=O) groups excluding carboxylic acids is 3. The standard InChI is InChI=1S/C47H50N8O4/c1-30-27-35(38-29-49-44(51-38)40-18-12-26-55(40)46(57)42(53(2)3)34-15-9-6-10-16-34)23-24-36(30)31-19-21-32(22-20-31)37-28-48-43(50-37)39-17-11-25-54(39)45(56)41(52-47(58)59-4)33-13-7-5-8-14-33/h5-10,13-16,19-24,27-29,39-42H,11-12,17-18,25-26H2,1-4H3,(H,48,50)(H,49,51)(H,52,58)/t39-,40-,41+,42-/m0/s1. The van der Waals surface area contributed by atoms with E-state index in [0.29, 0.717) is 24.5 Å². The molecule has 2 fully saturated rings. The van der Waals surface area contributed by atoms with Crippen LogP contribution >= 0.6 is 0 Å². The van der Waals surface area contributed by atoms with Gasteiger partial charge in [0.05, 0.1) is 43.0 Å². The molecule has 0 aliphatic carbocycles. The summed E-state index contributed by atoms with van der Waals surface area (Å²) in [4.78, 5) is 62.4. The van der Waals surface area contributed by atoms with Crippen molar-refractivity contribution in [3.63, 3.8) is 0 Å². The van der Waals surface area contributed by atoms with Gasteiger partial charge in [-0.25, -0.2) is 14.8 Å². The van der Waals surface area contributed by atoms with Crippen LogP contribution in [0.5, 0.6) is 0 Å². The third kappa shape index (κ3) is 8.13. The molecule has 0 bridgehead atoms. The van der Waals surface area contributed by atoms with E-state index in [2.05, 4.69) is 64.7 Å². The molecule has 2 aromatic heterocycles. The number of benzene rings is 4. The van der Waals surface area contributed by atoms with Gasteiger partial charge in [0.25, 0.3) is 5.91 Å². The number of hydrogen-bond acceptors (Lipinski definition) is 7. The third-order valence-electron chi connectivity index (χ3n) is 11.6. The van der Waals surface area contributed by atoms with Crippen LogP contribution in [0, 0.1) is 6.92 Å². The zero-order valence-corrected chi connectivity index (χ0v) is 33.9. The zero-order valence-electron chi connectivity index (χ0n) is 33.9. The summed E-state index contributed by atoms with van der Waals surface area (Å²) in [6.07, 6.45) is 6.42. The summed E-state index contributed by atoms with van der Waals surface area (Å²) in [7, 11) is 5.19. The molecule has 8 rings (SSSR count). The van der Waals surface area contributed by atoms with E-state index in [-0.39, 0.29) is 29.9 Å². The number of aryl methyl sites for hydroxylation is 1. The number of aromatic amines is 2. The fourth-order valence-electron chi connectivity index (χ4n) is 8.65. The molecule has 12 nitrogen and oxygen atoms in total. The molecule has 2 aliphatic heterocycles. The highest BCUT2D eigenvalue weighted by atomic mass is 16.5. The highest BCUT2D eigenvalue weighted by Gasteiger charge is 2.38. The van der Waals surface area contributed by atoms with Crippen molar-refractivity contribution in [2.24, 2.45) is 0 Å². The second-order valence-corrected chi connectivity index (χ2v) is 15.6. The second kappa shape index (κ2) is 17.1. The Kier molecular flexibility index (Phi) is 11.4. The van der Waals surface area contributed by atoms with Crippen molar-refractivity contribution in [1.29, 1.82) is 0 Å². The SMILES string of the molecule is COC(=O)N[C@@H](C(=O)N1CCC[C@H]1c1ncc(-c2ccc(-c3ccc(-c4cnc([C@@H]5CCCN5C(=O)[C@H](c5ccccc5)N(C)C)[nH]4)cc3C)cc2)[nH]1)c1ccccc1. The second-order valence-electron chi connectivity index (χ2n) is 15.6. The van der Waals surface area contributed by atoms with Crippen LogP contribution in [-0.4, -0.2) is 86.8 Å². The van der Waals surface area contributed by atoms with Gasteiger partial charge in [-0.1, -0.05) is 97.1 Å². The number of rotatable bonds is 11. The number of likely N-dealkylation sites (tertiary alicyclic amines) is 2. The van der Waals surface area contributed by atoms with Gasteiger partial charge in [0.15, 0.2) is 0 Å². The van der Waals surface area contributed by atoms with Gasteiger partial charge in [0.1, 0.15) is 23.7 Å². The first-order chi connectivity index (χ1) is 28.7. The Labute approximate surface area is 344 Å². The molecule has 6 aromatic rings. The quantitative estimate of drug-likeness (QED) is 0.120. The fraction of sp³-hybridized carbons (Fsp3) is 0.298. The first-order valence-corrected chi connectivity index (χ1v) is 20.2. The van der Waals surface area contributed by atoms with Crippen LogP contribution in [0.4, 0.5) is 4.79 Å². The molecule has 0 radical (unpaired) electrons. The van der Waals surface area contributed by atoms with Crippen LogP contribution in [0.1, 0.15) is 78.2 Å². The molecular formula is C47H50N8O4. The lowest BCUT2D eigenvalue weighted by atomic mass is 9.96. The largest absolute Gasteiger partial charge is 0.453 e. The number of carbonyl (C=O) groups is 3. The van der Waals surface area contributed by atoms with Gasteiger partial charge in [-0.2, -0.15) is 0 Å². The molecule has 59 heavy (non-hydrogen) atoms. The Balaban J connectivity index is 0.948. The molecular weight excluding hydrogens is 741 g/mol. The Morgan fingerprint density at radius 2 is 1.24 bits per heavy atom. The lowest BCUT2D eigenvalue weighted by Gasteiger charge is -2.31. The number of methoxy groups -OCH3 is 1. The first-order valence-electron chi connectivity index (χ1n) is 20.2. The molecule has 4 heterocycles. The molecule has 12 heteroatoms. The van der Waals surface area contributed by atoms with Crippen LogP contribution in [0.3, 0.4) is 0 Å². The minimum Gasteiger partial charge on any atom is -0.453 e. The Hall–Kier alpha value is -6.53. The number of nitrogens with one attached hydrogen (secondary N) is 3. The topological polar surface area (TPSA) is 140 Å². The van der Waals surface area contributed by atoms with Crippen molar-refractivity contribution in [3.8, 4) is 33.6 Å². The summed E-state index contributed by atoms with van der Waals surface area (Å²) in [5.41, 5.74) is 8.83.